The molecular weight excluding hydrogens is 230 g/mol. The second-order valence-electron chi connectivity index (χ2n) is 5.37. The first-order chi connectivity index (χ1) is 8.77. The Kier molecular flexibility index (Phi) is 8.59. The molecular formula is C14H29NO3. The number of hydrogen-bond acceptors (Lipinski definition) is 4. The van der Waals surface area contributed by atoms with Crippen LogP contribution in [0.1, 0.15) is 39.0 Å². The molecule has 18 heavy (non-hydrogen) atoms. The van der Waals surface area contributed by atoms with E-state index < -0.39 is 6.10 Å². The van der Waals surface area contributed by atoms with Gasteiger partial charge in [0.2, 0.25) is 0 Å². The Morgan fingerprint density at radius 2 is 2.11 bits per heavy atom. The molecule has 1 fully saturated rings. The molecule has 3 unspecified atom stereocenters. The van der Waals surface area contributed by atoms with Crippen molar-refractivity contribution in [3.8, 4) is 0 Å². The van der Waals surface area contributed by atoms with Crippen LogP contribution in [0, 0.1) is 11.8 Å². The van der Waals surface area contributed by atoms with Crippen LogP contribution >= 0.6 is 0 Å². The van der Waals surface area contributed by atoms with Gasteiger partial charge in [0, 0.05) is 19.8 Å². The third kappa shape index (κ3) is 6.14. The molecule has 0 heterocycles. The van der Waals surface area contributed by atoms with Gasteiger partial charge >= 0.3 is 0 Å². The lowest BCUT2D eigenvalue weighted by Crippen LogP contribution is -2.35. The SMILES string of the molecule is CCCCOCC(O)CNCC1CCCC1CO. The van der Waals surface area contributed by atoms with Gasteiger partial charge in [-0.15, -0.1) is 0 Å². The second kappa shape index (κ2) is 9.73. The van der Waals surface area contributed by atoms with Crippen LogP contribution in [0.3, 0.4) is 0 Å². The zero-order valence-corrected chi connectivity index (χ0v) is 11.6. The quantitative estimate of drug-likeness (QED) is 0.515. The Balaban J connectivity index is 1.99. The minimum Gasteiger partial charge on any atom is -0.396 e. The Morgan fingerprint density at radius 3 is 2.83 bits per heavy atom. The van der Waals surface area contributed by atoms with Gasteiger partial charge in [0.15, 0.2) is 0 Å². The molecule has 0 amide bonds. The maximum absolute atomic E-state index is 9.71. The Morgan fingerprint density at radius 1 is 1.33 bits per heavy atom. The number of aliphatic hydroxyl groups excluding tert-OH is 2. The van der Waals surface area contributed by atoms with Crippen molar-refractivity contribution in [2.45, 2.75) is 45.1 Å². The van der Waals surface area contributed by atoms with Crippen molar-refractivity contribution in [2.24, 2.45) is 11.8 Å². The molecule has 3 atom stereocenters. The molecule has 1 aliphatic rings. The van der Waals surface area contributed by atoms with Crippen molar-refractivity contribution >= 4 is 0 Å². The summed E-state index contributed by atoms with van der Waals surface area (Å²) >= 11 is 0. The van der Waals surface area contributed by atoms with Gasteiger partial charge in [0.05, 0.1) is 12.7 Å². The van der Waals surface area contributed by atoms with Crippen LogP contribution in [0.2, 0.25) is 0 Å². The number of ether oxygens (including phenoxy) is 1. The highest BCUT2D eigenvalue weighted by Gasteiger charge is 2.26. The smallest absolute Gasteiger partial charge is 0.0897 e. The molecule has 1 aliphatic carbocycles. The fourth-order valence-corrected chi connectivity index (χ4v) is 2.58. The fraction of sp³-hybridized carbons (Fsp3) is 1.00. The molecule has 1 rings (SSSR count). The topological polar surface area (TPSA) is 61.7 Å². The number of aliphatic hydroxyl groups is 2. The molecule has 0 aromatic rings. The van der Waals surface area contributed by atoms with E-state index in [4.69, 9.17) is 4.74 Å². The molecule has 3 N–H and O–H groups in total. The van der Waals surface area contributed by atoms with Gasteiger partial charge in [-0.3, -0.25) is 0 Å². The lowest BCUT2D eigenvalue weighted by Gasteiger charge is -2.19. The van der Waals surface area contributed by atoms with Crippen molar-refractivity contribution in [3.05, 3.63) is 0 Å². The number of nitrogens with one attached hydrogen (secondary N) is 1. The molecule has 0 bridgehead atoms. The summed E-state index contributed by atoms with van der Waals surface area (Å²) in [7, 11) is 0. The summed E-state index contributed by atoms with van der Waals surface area (Å²) in [4.78, 5) is 0. The minimum absolute atomic E-state index is 0.301. The van der Waals surface area contributed by atoms with E-state index in [9.17, 15) is 10.2 Å². The predicted octanol–water partition coefficient (Wildman–Crippen LogP) is 1.16. The molecule has 0 spiro atoms. The van der Waals surface area contributed by atoms with Crippen molar-refractivity contribution in [2.75, 3.05) is 32.9 Å². The lowest BCUT2D eigenvalue weighted by molar-refractivity contribution is 0.0351. The Hall–Kier alpha value is -0.160. The summed E-state index contributed by atoms with van der Waals surface area (Å²) in [6, 6.07) is 0. The van der Waals surface area contributed by atoms with E-state index in [0.29, 0.717) is 31.6 Å². The molecule has 0 saturated heterocycles. The molecule has 0 radical (unpaired) electrons. The van der Waals surface area contributed by atoms with E-state index in [2.05, 4.69) is 12.2 Å². The highest BCUT2D eigenvalue weighted by Crippen LogP contribution is 2.30. The van der Waals surface area contributed by atoms with E-state index in [-0.39, 0.29) is 0 Å². The van der Waals surface area contributed by atoms with E-state index in [1.54, 1.807) is 0 Å². The predicted molar refractivity (Wildman–Crippen MR) is 72.5 cm³/mol. The summed E-state index contributed by atoms with van der Waals surface area (Å²) in [6.07, 6.45) is 5.32. The average Bonchev–Trinajstić information content (AvgIpc) is 2.82. The van der Waals surface area contributed by atoms with E-state index in [1.165, 1.54) is 12.8 Å². The third-order valence-corrected chi connectivity index (χ3v) is 3.79. The van der Waals surface area contributed by atoms with Gasteiger partial charge in [0.25, 0.3) is 0 Å². The zero-order chi connectivity index (χ0) is 13.2. The van der Waals surface area contributed by atoms with Gasteiger partial charge < -0.3 is 20.3 Å². The van der Waals surface area contributed by atoms with E-state index in [1.807, 2.05) is 0 Å². The average molecular weight is 259 g/mol. The first-order valence-corrected chi connectivity index (χ1v) is 7.35. The van der Waals surface area contributed by atoms with Crippen molar-refractivity contribution in [1.82, 2.24) is 5.32 Å². The molecule has 4 heteroatoms. The third-order valence-electron chi connectivity index (χ3n) is 3.79. The molecule has 0 aromatic carbocycles. The van der Waals surface area contributed by atoms with Crippen LogP contribution in [0.4, 0.5) is 0 Å². The number of rotatable bonds is 10. The summed E-state index contributed by atoms with van der Waals surface area (Å²) < 4.78 is 5.37. The first kappa shape index (κ1) is 15.9. The summed E-state index contributed by atoms with van der Waals surface area (Å²) in [5.74, 6) is 1.03. The van der Waals surface area contributed by atoms with Crippen LogP contribution < -0.4 is 5.32 Å². The first-order valence-electron chi connectivity index (χ1n) is 7.35. The zero-order valence-electron chi connectivity index (χ0n) is 11.6. The fourth-order valence-electron chi connectivity index (χ4n) is 2.58. The Bertz CT molecular complexity index is 201. The van der Waals surface area contributed by atoms with Gasteiger partial charge in [0.1, 0.15) is 0 Å². The van der Waals surface area contributed by atoms with E-state index in [0.717, 1.165) is 32.4 Å². The standard InChI is InChI=1S/C14H29NO3/c1-2-3-7-18-11-14(17)9-15-8-12-5-4-6-13(12)10-16/h12-17H,2-11H2,1H3. The van der Waals surface area contributed by atoms with Crippen molar-refractivity contribution in [3.63, 3.8) is 0 Å². The summed E-state index contributed by atoms with van der Waals surface area (Å²) in [5, 5.41) is 22.2. The Labute approximate surface area is 111 Å². The van der Waals surface area contributed by atoms with Crippen LogP contribution in [-0.2, 0) is 4.74 Å². The minimum atomic E-state index is -0.421. The molecule has 0 aliphatic heterocycles. The molecule has 0 aromatic heterocycles. The molecule has 4 nitrogen and oxygen atoms in total. The van der Waals surface area contributed by atoms with Crippen molar-refractivity contribution < 1.29 is 14.9 Å². The van der Waals surface area contributed by atoms with Gasteiger partial charge in [-0.05, 0) is 37.6 Å². The van der Waals surface area contributed by atoms with E-state index >= 15 is 0 Å². The van der Waals surface area contributed by atoms with Crippen LogP contribution in [0.25, 0.3) is 0 Å². The van der Waals surface area contributed by atoms with Crippen LogP contribution in [0.5, 0.6) is 0 Å². The number of unbranched alkanes of at least 4 members (excludes halogenated alkanes) is 1. The second-order valence-corrected chi connectivity index (χ2v) is 5.37. The highest BCUT2D eigenvalue weighted by molar-refractivity contribution is 4.78. The maximum Gasteiger partial charge on any atom is 0.0897 e. The maximum atomic E-state index is 9.71. The van der Waals surface area contributed by atoms with Crippen LogP contribution in [0.15, 0.2) is 0 Å². The highest BCUT2D eigenvalue weighted by atomic mass is 16.5. The number of hydrogen-bond donors (Lipinski definition) is 3. The molecule has 108 valence electrons. The largest absolute Gasteiger partial charge is 0.396 e. The summed E-state index contributed by atoms with van der Waals surface area (Å²) in [6.45, 7) is 5.07. The molecule has 1 saturated carbocycles. The monoisotopic (exact) mass is 259 g/mol. The normalized spacial score (nSPS) is 25.5. The van der Waals surface area contributed by atoms with Gasteiger partial charge in [-0.2, -0.15) is 0 Å². The van der Waals surface area contributed by atoms with Gasteiger partial charge in [-0.1, -0.05) is 19.8 Å². The van der Waals surface area contributed by atoms with Crippen molar-refractivity contribution in [1.29, 1.82) is 0 Å². The summed E-state index contributed by atoms with van der Waals surface area (Å²) in [5.41, 5.74) is 0. The van der Waals surface area contributed by atoms with Gasteiger partial charge in [-0.25, -0.2) is 0 Å². The lowest BCUT2D eigenvalue weighted by atomic mass is 9.97. The van der Waals surface area contributed by atoms with Crippen LogP contribution in [-0.4, -0.2) is 49.2 Å².